The van der Waals surface area contributed by atoms with Gasteiger partial charge < -0.3 is 4.98 Å². The van der Waals surface area contributed by atoms with E-state index in [9.17, 15) is 4.79 Å². The van der Waals surface area contributed by atoms with E-state index in [4.69, 9.17) is 9.97 Å². The van der Waals surface area contributed by atoms with Crippen LogP contribution in [0, 0.1) is 6.92 Å². The zero-order valence-electron chi connectivity index (χ0n) is 17.9. The molecule has 1 N–H and O–H groups in total. The summed E-state index contributed by atoms with van der Waals surface area (Å²) in [6.07, 6.45) is 8.22. The van der Waals surface area contributed by atoms with Crippen molar-refractivity contribution < 1.29 is 4.79 Å². The highest BCUT2D eigenvalue weighted by Crippen LogP contribution is 2.35. The first kappa shape index (κ1) is 19.9. The van der Waals surface area contributed by atoms with Crippen LogP contribution in [0.3, 0.4) is 0 Å². The number of nitrogens with one attached hydrogen (secondary N) is 1. The van der Waals surface area contributed by atoms with E-state index >= 15 is 0 Å². The van der Waals surface area contributed by atoms with Crippen molar-refractivity contribution in [2.45, 2.75) is 58.2 Å². The molecule has 0 unspecified atom stereocenters. The van der Waals surface area contributed by atoms with Gasteiger partial charge in [0.2, 0.25) is 5.91 Å². The number of amides is 1. The fraction of sp³-hybridized carbons (Fsp3) is 0.417. The molecule has 2 aromatic heterocycles. The lowest BCUT2D eigenvalue weighted by molar-refractivity contribution is -0.119. The maximum atomic E-state index is 12.9. The van der Waals surface area contributed by atoms with E-state index < -0.39 is 0 Å². The Morgan fingerprint density at radius 3 is 2.77 bits per heavy atom. The highest BCUT2D eigenvalue weighted by molar-refractivity contribution is 5.95. The summed E-state index contributed by atoms with van der Waals surface area (Å²) in [6, 6.07) is 10.3. The number of H-pyrrole nitrogens is 1. The van der Waals surface area contributed by atoms with E-state index in [0.717, 1.165) is 60.2 Å². The van der Waals surface area contributed by atoms with E-state index in [2.05, 4.69) is 33.9 Å². The molecule has 2 aliphatic heterocycles. The number of hydrogen-bond donors (Lipinski definition) is 1. The number of rotatable bonds is 5. The Morgan fingerprint density at radius 2 is 1.97 bits per heavy atom. The van der Waals surface area contributed by atoms with Crippen molar-refractivity contribution in [2.75, 3.05) is 11.4 Å². The minimum absolute atomic E-state index is 0.136. The molecule has 1 amide bonds. The number of carbonyl (C=O) groups is 1. The molecule has 5 rings (SSSR count). The van der Waals surface area contributed by atoms with Gasteiger partial charge in [0.15, 0.2) is 0 Å². The molecule has 1 fully saturated rings. The molecule has 0 aliphatic carbocycles. The molecule has 31 heavy (non-hydrogen) atoms. The average molecular weight is 417 g/mol. The molecule has 3 aromatic rings. The number of nitrogens with zero attached hydrogens (tertiary/aromatic N) is 5. The molecule has 0 radical (unpaired) electrons. The third kappa shape index (κ3) is 4.10. The molecule has 4 heterocycles. The van der Waals surface area contributed by atoms with Crippen LogP contribution in [0.15, 0.2) is 42.7 Å². The summed E-state index contributed by atoms with van der Waals surface area (Å²) in [4.78, 5) is 34.7. The van der Waals surface area contributed by atoms with Gasteiger partial charge in [-0.2, -0.15) is 0 Å². The fourth-order valence-electron chi connectivity index (χ4n) is 4.73. The van der Waals surface area contributed by atoms with Gasteiger partial charge in [0.25, 0.3) is 0 Å². The van der Waals surface area contributed by atoms with Crippen LogP contribution >= 0.6 is 0 Å². The van der Waals surface area contributed by atoms with Crippen molar-refractivity contribution in [3.8, 4) is 0 Å². The Morgan fingerprint density at radius 1 is 1.10 bits per heavy atom. The summed E-state index contributed by atoms with van der Waals surface area (Å²) in [5.74, 6) is 2.72. The van der Waals surface area contributed by atoms with Crippen LogP contribution in [-0.2, 0) is 24.3 Å². The molecule has 0 spiro atoms. The van der Waals surface area contributed by atoms with Crippen LogP contribution in [0.2, 0.25) is 0 Å². The number of anilines is 1. The summed E-state index contributed by atoms with van der Waals surface area (Å²) in [5.41, 5.74) is 3.21. The highest BCUT2D eigenvalue weighted by Gasteiger charge is 2.32. The fourth-order valence-corrected chi connectivity index (χ4v) is 4.73. The second-order valence-corrected chi connectivity index (χ2v) is 8.45. The van der Waals surface area contributed by atoms with Gasteiger partial charge in [-0.05, 0) is 38.3 Å². The zero-order valence-corrected chi connectivity index (χ0v) is 17.9. The van der Waals surface area contributed by atoms with Crippen molar-refractivity contribution in [3.05, 3.63) is 71.2 Å². The topological polar surface area (TPSA) is 78.0 Å². The molecular formula is C24H28N6O. The number of aryl methyl sites for hydroxylation is 1. The van der Waals surface area contributed by atoms with E-state index in [1.54, 1.807) is 6.20 Å². The maximum absolute atomic E-state index is 12.9. The van der Waals surface area contributed by atoms with Crippen molar-refractivity contribution >= 4 is 11.7 Å². The molecule has 2 aliphatic rings. The van der Waals surface area contributed by atoms with Crippen LogP contribution in [0.5, 0.6) is 0 Å². The van der Waals surface area contributed by atoms with Crippen LogP contribution in [0.25, 0.3) is 0 Å². The van der Waals surface area contributed by atoms with Gasteiger partial charge >= 0.3 is 0 Å². The predicted molar refractivity (Wildman–Crippen MR) is 118 cm³/mol. The normalized spacial score (nSPS) is 19.5. The van der Waals surface area contributed by atoms with E-state index in [1.807, 2.05) is 29.3 Å². The maximum Gasteiger partial charge on any atom is 0.228 e. The summed E-state index contributed by atoms with van der Waals surface area (Å²) in [6.45, 7) is 4.35. The second-order valence-electron chi connectivity index (χ2n) is 8.45. The van der Waals surface area contributed by atoms with E-state index in [1.165, 1.54) is 6.42 Å². The molecule has 1 saturated heterocycles. The zero-order chi connectivity index (χ0) is 21.2. The first-order chi connectivity index (χ1) is 15.2. The summed E-state index contributed by atoms with van der Waals surface area (Å²) < 4.78 is 0. The Labute approximate surface area is 182 Å². The lowest BCUT2D eigenvalue weighted by atomic mass is 9.99. The molecule has 1 aromatic carbocycles. The quantitative estimate of drug-likeness (QED) is 0.686. The molecule has 160 valence electrons. The SMILES string of the molecule is Cc1nc([C@H]2CCCCN2Cc2ncc[nH]2)nc2c1CCC(=O)N2Cc1ccccc1. The van der Waals surface area contributed by atoms with Crippen LogP contribution in [0.4, 0.5) is 5.82 Å². The third-order valence-electron chi connectivity index (χ3n) is 6.36. The Hall–Kier alpha value is -3.06. The number of carbonyl (C=O) groups excluding carboxylic acids is 1. The first-order valence-electron chi connectivity index (χ1n) is 11.1. The van der Waals surface area contributed by atoms with E-state index in [0.29, 0.717) is 19.4 Å². The lowest BCUT2D eigenvalue weighted by Gasteiger charge is -2.36. The van der Waals surface area contributed by atoms with Crippen LogP contribution in [-0.4, -0.2) is 37.3 Å². The molecule has 7 nitrogen and oxygen atoms in total. The lowest BCUT2D eigenvalue weighted by Crippen LogP contribution is -2.38. The third-order valence-corrected chi connectivity index (χ3v) is 6.36. The number of piperidine rings is 1. The number of aromatic amines is 1. The summed E-state index contributed by atoms with van der Waals surface area (Å²) >= 11 is 0. The summed E-state index contributed by atoms with van der Waals surface area (Å²) in [7, 11) is 0. The minimum atomic E-state index is 0.136. The van der Waals surface area contributed by atoms with Gasteiger partial charge in [0.05, 0.1) is 19.1 Å². The first-order valence-corrected chi connectivity index (χ1v) is 11.1. The number of likely N-dealkylation sites (tertiary alicyclic amines) is 1. The van der Waals surface area contributed by atoms with Gasteiger partial charge in [-0.1, -0.05) is 36.8 Å². The highest BCUT2D eigenvalue weighted by atomic mass is 16.2. The number of hydrogen-bond acceptors (Lipinski definition) is 5. The monoisotopic (exact) mass is 416 g/mol. The van der Waals surface area contributed by atoms with Crippen molar-refractivity contribution in [1.29, 1.82) is 0 Å². The number of aromatic nitrogens is 4. The number of benzene rings is 1. The van der Waals surface area contributed by atoms with Gasteiger partial charge in [0, 0.05) is 30.1 Å². The summed E-state index contributed by atoms with van der Waals surface area (Å²) in [5, 5.41) is 0. The van der Waals surface area contributed by atoms with Gasteiger partial charge in [-0.25, -0.2) is 15.0 Å². The van der Waals surface area contributed by atoms with Gasteiger partial charge in [-0.3, -0.25) is 14.6 Å². The molecule has 0 saturated carbocycles. The van der Waals surface area contributed by atoms with Crippen molar-refractivity contribution in [2.24, 2.45) is 0 Å². The van der Waals surface area contributed by atoms with Gasteiger partial charge in [0.1, 0.15) is 17.5 Å². The number of imidazole rings is 1. The van der Waals surface area contributed by atoms with Crippen molar-refractivity contribution in [3.63, 3.8) is 0 Å². The second kappa shape index (κ2) is 8.59. The Balaban J connectivity index is 1.49. The predicted octanol–water partition coefficient (Wildman–Crippen LogP) is 3.71. The van der Waals surface area contributed by atoms with Crippen LogP contribution < -0.4 is 4.90 Å². The average Bonchev–Trinajstić information content (AvgIpc) is 3.30. The number of fused-ring (bicyclic) bond motifs is 1. The van der Waals surface area contributed by atoms with Crippen molar-refractivity contribution in [1.82, 2.24) is 24.8 Å². The minimum Gasteiger partial charge on any atom is -0.348 e. The molecule has 0 bridgehead atoms. The Kier molecular flexibility index (Phi) is 5.51. The van der Waals surface area contributed by atoms with Crippen LogP contribution in [0.1, 0.15) is 60.2 Å². The standard InChI is InChI=1S/C24H28N6O/c1-17-19-10-11-22(31)30(15-18-7-3-2-4-8-18)24(19)28-23(27-17)20-9-5-6-14-29(20)16-21-25-12-13-26-21/h2-4,7-8,12-13,20H,5-6,9-11,14-16H2,1H3,(H,25,26)/t20-/m1/s1. The Bertz CT molecular complexity index is 1050. The largest absolute Gasteiger partial charge is 0.348 e. The molecule has 1 atom stereocenters. The molecule has 7 heteroatoms. The smallest absolute Gasteiger partial charge is 0.228 e. The van der Waals surface area contributed by atoms with E-state index in [-0.39, 0.29) is 11.9 Å². The van der Waals surface area contributed by atoms with Gasteiger partial charge in [-0.15, -0.1) is 0 Å². The molecular weight excluding hydrogens is 388 g/mol.